The monoisotopic (exact) mass is 390 g/mol. The van der Waals surface area contributed by atoms with Crippen LogP contribution >= 0.6 is 0 Å². The number of nitrogens with one attached hydrogen (secondary N) is 1. The largest absolute Gasteiger partial charge is 0.459 e. The van der Waals surface area contributed by atoms with Gasteiger partial charge in [0.15, 0.2) is 0 Å². The average Bonchev–Trinajstić information content (AvgIpc) is 3.07. The van der Waals surface area contributed by atoms with Crippen molar-refractivity contribution in [3.05, 3.63) is 35.9 Å². The summed E-state index contributed by atoms with van der Waals surface area (Å²) in [4.78, 5) is 39.1. The topological polar surface area (TPSA) is 84.9 Å². The second-order valence-corrected chi connectivity index (χ2v) is 8.50. The molecule has 1 N–H and O–H groups in total. The Kier molecular flexibility index (Phi) is 6.69. The highest BCUT2D eigenvalue weighted by Gasteiger charge is 2.42. The molecule has 1 heterocycles. The average molecular weight is 390 g/mol. The lowest BCUT2D eigenvalue weighted by atomic mass is 10.0. The normalized spacial score (nSPS) is 17.2. The van der Waals surface area contributed by atoms with Gasteiger partial charge in [-0.25, -0.2) is 9.59 Å². The predicted octanol–water partition coefficient (Wildman–Crippen LogP) is 3.02. The molecule has 2 amide bonds. The molecule has 7 nitrogen and oxygen atoms in total. The Morgan fingerprint density at radius 3 is 2.36 bits per heavy atom. The first-order chi connectivity index (χ1) is 13.0. The SMILES string of the molecule is CC(C)(C)OC(=O)NC(C)(C)C(=O)N1CCC[C@H]1C(=O)OCc1ccccc1. The Bertz CT molecular complexity index is 709. The van der Waals surface area contributed by atoms with Crippen molar-refractivity contribution in [1.82, 2.24) is 10.2 Å². The number of benzene rings is 1. The second-order valence-electron chi connectivity index (χ2n) is 8.50. The molecular formula is C21H30N2O5. The molecule has 154 valence electrons. The summed E-state index contributed by atoms with van der Waals surface area (Å²) in [7, 11) is 0. The maximum Gasteiger partial charge on any atom is 0.408 e. The van der Waals surface area contributed by atoms with Gasteiger partial charge in [0.25, 0.3) is 0 Å². The Hall–Kier alpha value is -2.57. The predicted molar refractivity (Wildman–Crippen MR) is 104 cm³/mol. The summed E-state index contributed by atoms with van der Waals surface area (Å²) in [5, 5.41) is 2.60. The minimum Gasteiger partial charge on any atom is -0.459 e. The van der Waals surface area contributed by atoms with Gasteiger partial charge in [-0.05, 0) is 53.0 Å². The molecule has 28 heavy (non-hydrogen) atoms. The Labute approximate surface area is 166 Å². The number of likely N-dealkylation sites (tertiary alicyclic amines) is 1. The highest BCUT2D eigenvalue weighted by atomic mass is 16.6. The summed E-state index contributed by atoms with van der Waals surface area (Å²) >= 11 is 0. The lowest BCUT2D eigenvalue weighted by Crippen LogP contribution is -2.58. The first-order valence-corrected chi connectivity index (χ1v) is 9.52. The minimum absolute atomic E-state index is 0.164. The third kappa shape index (κ3) is 5.97. The standard InChI is InChI=1S/C21H30N2O5/c1-20(2,3)28-19(26)22-21(4,5)18(25)23-13-9-12-16(23)17(24)27-14-15-10-7-6-8-11-15/h6-8,10-11,16H,9,12-14H2,1-5H3,(H,22,26)/t16-/m0/s1. The summed E-state index contributed by atoms with van der Waals surface area (Å²) in [6.07, 6.45) is 0.578. The first kappa shape index (κ1) is 21.7. The van der Waals surface area contributed by atoms with Gasteiger partial charge in [0, 0.05) is 6.54 Å². The second kappa shape index (κ2) is 8.63. The number of esters is 1. The van der Waals surface area contributed by atoms with Crippen LogP contribution in [0.3, 0.4) is 0 Å². The lowest BCUT2D eigenvalue weighted by Gasteiger charge is -2.33. The number of carbonyl (C=O) groups excluding carboxylic acids is 3. The molecule has 0 unspecified atom stereocenters. The van der Waals surface area contributed by atoms with Gasteiger partial charge in [0.05, 0.1) is 0 Å². The summed E-state index contributed by atoms with van der Waals surface area (Å²) in [6.45, 7) is 9.07. The summed E-state index contributed by atoms with van der Waals surface area (Å²) < 4.78 is 10.6. The summed E-state index contributed by atoms with van der Waals surface area (Å²) in [6, 6.07) is 8.74. The molecule has 1 aliphatic rings. The van der Waals surface area contributed by atoms with E-state index in [4.69, 9.17) is 9.47 Å². The third-order valence-corrected chi connectivity index (χ3v) is 4.36. The van der Waals surface area contributed by atoms with Crippen LogP contribution in [0.5, 0.6) is 0 Å². The van der Waals surface area contributed by atoms with Crippen molar-refractivity contribution in [2.24, 2.45) is 0 Å². The molecule has 1 aromatic carbocycles. The fourth-order valence-electron chi connectivity index (χ4n) is 3.05. The molecule has 7 heteroatoms. The molecular weight excluding hydrogens is 360 g/mol. The van der Waals surface area contributed by atoms with E-state index in [0.29, 0.717) is 19.4 Å². The van der Waals surface area contributed by atoms with Crippen LogP contribution in [0.25, 0.3) is 0 Å². The number of hydrogen-bond acceptors (Lipinski definition) is 5. The van der Waals surface area contributed by atoms with Crippen LogP contribution in [-0.2, 0) is 25.7 Å². The van der Waals surface area contributed by atoms with Crippen molar-refractivity contribution in [2.45, 2.75) is 71.2 Å². The molecule has 0 aromatic heterocycles. The van der Waals surface area contributed by atoms with Crippen LogP contribution in [0, 0.1) is 0 Å². The summed E-state index contributed by atoms with van der Waals surface area (Å²) in [5.41, 5.74) is -0.982. The number of nitrogens with zero attached hydrogens (tertiary/aromatic N) is 1. The highest BCUT2D eigenvalue weighted by molar-refractivity contribution is 5.92. The molecule has 1 aliphatic heterocycles. The zero-order chi connectivity index (χ0) is 20.9. The lowest BCUT2D eigenvalue weighted by molar-refractivity contribution is -0.156. The van der Waals surface area contributed by atoms with Crippen LogP contribution in [0.1, 0.15) is 53.0 Å². The number of amides is 2. The highest BCUT2D eigenvalue weighted by Crippen LogP contribution is 2.23. The van der Waals surface area contributed by atoms with Gasteiger partial charge in [-0.3, -0.25) is 4.79 Å². The molecule has 0 bridgehead atoms. The number of carbonyl (C=O) groups is 3. The van der Waals surface area contributed by atoms with Gasteiger partial charge in [0.1, 0.15) is 23.8 Å². The molecule has 0 spiro atoms. The molecule has 2 rings (SSSR count). The van der Waals surface area contributed by atoms with Crippen LogP contribution in [0.4, 0.5) is 4.79 Å². The molecule has 0 radical (unpaired) electrons. The van der Waals surface area contributed by atoms with E-state index in [9.17, 15) is 14.4 Å². The number of alkyl carbamates (subject to hydrolysis) is 1. The van der Waals surface area contributed by atoms with Gasteiger partial charge in [-0.2, -0.15) is 0 Å². The van der Waals surface area contributed by atoms with Crippen LogP contribution in [0.15, 0.2) is 30.3 Å². The van der Waals surface area contributed by atoms with Gasteiger partial charge in [-0.1, -0.05) is 30.3 Å². The molecule has 1 fully saturated rings. The van der Waals surface area contributed by atoms with Crippen molar-refractivity contribution >= 4 is 18.0 Å². The number of ether oxygens (including phenoxy) is 2. The van der Waals surface area contributed by atoms with Crippen molar-refractivity contribution < 1.29 is 23.9 Å². The first-order valence-electron chi connectivity index (χ1n) is 9.52. The van der Waals surface area contributed by atoms with E-state index in [1.165, 1.54) is 4.90 Å². The fraction of sp³-hybridized carbons (Fsp3) is 0.571. The van der Waals surface area contributed by atoms with E-state index in [1.807, 2.05) is 30.3 Å². The molecule has 1 saturated heterocycles. The van der Waals surface area contributed by atoms with Crippen LogP contribution in [-0.4, -0.2) is 46.6 Å². The molecule has 1 aromatic rings. The van der Waals surface area contributed by atoms with Crippen LogP contribution < -0.4 is 5.32 Å². The fourth-order valence-corrected chi connectivity index (χ4v) is 3.05. The third-order valence-electron chi connectivity index (χ3n) is 4.36. The quantitative estimate of drug-likeness (QED) is 0.781. The number of hydrogen-bond donors (Lipinski definition) is 1. The van der Waals surface area contributed by atoms with Crippen molar-refractivity contribution in [2.75, 3.05) is 6.54 Å². The Morgan fingerprint density at radius 1 is 1.11 bits per heavy atom. The van der Waals surface area contributed by atoms with Crippen molar-refractivity contribution in [3.63, 3.8) is 0 Å². The van der Waals surface area contributed by atoms with Gasteiger partial charge in [-0.15, -0.1) is 0 Å². The van der Waals surface area contributed by atoms with E-state index in [1.54, 1.807) is 34.6 Å². The minimum atomic E-state index is -1.20. The smallest absolute Gasteiger partial charge is 0.408 e. The Balaban J connectivity index is 1.98. The maximum absolute atomic E-state index is 13.0. The van der Waals surface area contributed by atoms with Crippen molar-refractivity contribution in [3.8, 4) is 0 Å². The van der Waals surface area contributed by atoms with E-state index < -0.39 is 29.2 Å². The van der Waals surface area contributed by atoms with E-state index in [-0.39, 0.29) is 12.5 Å². The van der Waals surface area contributed by atoms with E-state index in [0.717, 1.165) is 5.56 Å². The summed E-state index contributed by atoms with van der Waals surface area (Å²) in [5.74, 6) is -0.764. The molecule has 0 aliphatic carbocycles. The Morgan fingerprint density at radius 2 is 1.75 bits per heavy atom. The van der Waals surface area contributed by atoms with Gasteiger partial charge in [0.2, 0.25) is 5.91 Å². The van der Waals surface area contributed by atoms with Gasteiger partial charge >= 0.3 is 12.1 Å². The molecule has 1 atom stereocenters. The van der Waals surface area contributed by atoms with E-state index in [2.05, 4.69) is 5.32 Å². The van der Waals surface area contributed by atoms with Gasteiger partial charge < -0.3 is 19.7 Å². The zero-order valence-corrected chi connectivity index (χ0v) is 17.3. The van der Waals surface area contributed by atoms with Crippen molar-refractivity contribution in [1.29, 1.82) is 0 Å². The zero-order valence-electron chi connectivity index (χ0n) is 17.3. The number of rotatable bonds is 5. The van der Waals surface area contributed by atoms with Crippen LogP contribution in [0.2, 0.25) is 0 Å². The maximum atomic E-state index is 13.0. The van der Waals surface area contributed by atoms with E-state index >= 15 is 0 Å². The molecule has 0 saturated carbocycles.